The summed E-state index contributed by atoms with van der Waals surface area (Å²) in [6.45, 7) is 2.48. The summed E-state index contributed by atoms with van der Waals surface area (Å²) in [5.41, 5.74) is -0.332. The van der Waals surface area contributed by atoms with Crippen LogP contribution in [-0.2, 0) is 4.79 Å². The van der Waals surface area contributed by atoms with Gasteiger partial charge in [0.05, 0.1) is 0 Å². The fourth-order valence-electron chi connectivity index (χ4n) is 3.39. The number of nitrogens with one attached hydrogen (secondary N) is 1. The Labute approximate surface area is 126 Å². The summed E-state index contributed by atoms with van der Waals surface area (Å²) < 4.78 is 0. The summed E-state index contributed by atoms with van der Waals surface area (Å²) in [7, 11) is 0. The van der Waals surface area contributed by atoms with E-state index in [2.05, 4.69) is 26.4 Å². The van der Waals surface area contributed by atoms with Crippen molar-refractivity contribution in [2.75, 3.05) is 13.1 Å². The molecule has 0 atom stereocenters. The van der Waals surface area contributed by atoms with Crippen molar-refractivity contribution in [3.63, 3.8) is 0 Å². The minimum Gasteiger partial charge on any atom is -0.353 e. The van der Waals surface area contributed by atoms with E-state index in [1.807, 2.05) is 0 Å². The van der Waals surface area contributed by atoms with E-state index in [-0.39, 0.29) is 11.6 Å². The molecule has 2 heterocycles. The molecule has 0 aromatic heterocycles. The van der Waals surface area contributed by atoms with Gasteiger partial charge in [-0.2, -0.15) is 10.2 Å². The maximum Gasteiger partial charge on any atom is 0.220 e. The fourth-order valence-corrected chi connectivity index (χ4v) is 3.39. The number of hydrogen-bond acceptors (Lipinski definition) is 4. The number of hydrogen-bond donors (Lipinski definition) is 1. The molecule has 1 aliphatic carbocycles. The van der Waals surface area contributed by atoms with Crippen LogP contribution in [0.3, 0.4) is 0 Å². The molecule has 114 valence electrons. The van der Waals surface area contributed by atoms with E-state index in [0.29, 0.717) is 31.3 Å². The van der Waals surface area contributed by atoms with Crippen LogP contribution in [-0.4, -0.2) is 41.6 Å². The Kier molecular flexibility index (Phi) is 4.25. The van der Waals surface area contributed by atoms with Crippen molar-refractivity contribution in [2.45, 2.75) is 69.1 Å². The standard InChI is InChI=1S/C16H24N4O/c1-2-3-7-16(18-19-16)8-6-15(21)17-13-11-14(12-13)20-9-4-5-10-20/h1,13-14H,3-12H2,(H,17,21). The Morgan fingerprint density at radius 3 is 2.62 bits per heavy atom. The van der Waals surface area contributed by atoms with Crippen LogP contribution in [0.5, 0.6) is 0 Å². The highest BCUT2D eigenvalue weighted by Gasteiger charge is 2.40. The highest BCUT2D eigenvalue weighted by Crippen LogP contribution is 2.37. The molecule has 0 aromatic carbocycles. The van der Waals surface area contributed by atoms with E-state index in [1.54, 1.807) is 0 Å². The molecule has 0 radical (unpaired) electrons. The molecule has 3 rings (SSSR count). The van der Waals surface area contributed by atoms with Gasteiger partial charge in [-0.25, -0.2) is 0 Å². The van der Waals surface area contributed by atoms with Gasteiger partial charge in [-0.1, -0.05) is 0 Å². The predicted molar refractivity (Wildman–Crippen MR) is 80.6 cm³/mol. The number of nitrogens with zero attached hydrogens (tertiary/aromatic N) is 3. The van der Waals surface area contributed by atoms with Gasteiger partial charge in [-0.05, 0) is 38.8 Å². The number of terminal acetylenes is 1. The summed E-state index contributed by atoms with van der Waals surface area (Å²) in [4.78, 5) is 14.5. The Balaban J connectivity index is 1.30. The lowest BCUT2D eigenvalue weighted by atomic mass is 9.85. The van der Waals surface area contributed by atoms with Crippen molar-refractivity contribution in [1.82, 2.24) is 10.2 Å². The van der Waals surface area contributed by atoms with Crippen LogP contribution >= 0.6 is 0 Å². The summed E-state index contributed by atoms with van der Waals surface area (Å²) in [5.74, 6) is 2.74. The maximum absolute atomic E-state index is 12.0. The van der Waals surface area contributed by atoms with E-state index in [4.69, 9.17) is 6.42 Å². The van der Waals surface area contributed by atoms with Gasteiger partial charge in [-0.3, -0.25) is 4.79 Å². The Morgan fingerprint density at radius 2 is 2.00 bits per heavy atom. The van der Waals surface area contributed by atoms with Gasteiger partial charge < -0.3 is 10.2 Å². The molecule has 5 heteroatoms. The molecule has 3 aliphatic rings. The predicted octanol–water partition coefficient (Wildman–Crippen LogP) is 2.09. The summed E-state index contributed by atoms with van der Waals surface area (Å²) in [6, 6.07) is 1.08. The molecule has 2 aliphatic heterocycles. The number of rotatable bonds is 7. The van der Waals surface area contributed by atoms with Crippen LogP contribution in [0.1, 0.15) is 51.4 Å². The molecule has 1 saturated heterocycles. The third-order valence-electron chi connectivity index (χ3n) is 4.94. The first kappa shape index (κ1) is 14.5. The van der Waals surface area contributed by atoms with Gasteiger partial charge in [0.25, 0.3) is 0 Å². The van der Waals surface area contributed by atoms with Crippen molar-refractivity contribution in [3.8, 4) is 12.3 Å². The first-order chi connectivity index (χ1) is 10.2. The molecule has 0 bridgehead atoms. The van der Waals surface area contributed by atoms with Gasteiger partial charge in [0.1, 0.15) is 0 Å². The molecule has 0 aromatic rings. The maximum atomic E-state index is 12.0. The van der Waals surface area contributed by atoms with Gasteiger partial charge in [0.2, 0.25) is 5.91 Å². The number of amides is 1. The van der Waals surface area contributed by atoms with Crippen molar-refractivity contribution in [3.05, 3.63) is 0 Å². The third-order valence-corrected chi connectivity index (χ3v) is 4.94. The second-order valence-electron chi connectivity index (χ2n) is 6.52. The van der Waals surface area contributed by atoms with Crippen molar-refractivity contribution >= 4 is 5.91 Å². The normalized spacial score (nSPS) is 29.7. The van der Waals surface area contributed by atoms with Crippen LogP contribution in [0.25, 0.3) is 0 Å². The molecule has 21 heavy (non-hydrogen) atoms. The van der Waals surface area contributed by atoms with Gasteiger partial charge >= 0.3 is 0 Å². The van der Waals surface area contributed by atoms with Gasteiger partial charge in [0, 0.05) is 37.8 Å². The molecule has 1 N–H and O–H groups in total. The van der Waals surface area contributed by atoms with E-state index in [9.17, 15) is 4.79 Å². The lowest BCUT2D eigenvalue weighted by molar-refractivity contribution is -0.123. The van der Waals surface area contributed by atoms with Crippen molar-refractivity contribution < 1.29 is 4.79 Å². The van der Waals surface area contributed by atoms with Crippen LogP contribution in [0.4, 0.5) is 0 Å². The third kappa shape index (κ3) is 3.62. The molecule has 2 fully saturated rings. The van der Waals surface area contributed by atoms with Crippen molar-refractivity contribution in [1.29, 1.82) is 0 Å². The van der Waals surface area contributed by atoms with E-state index in [1.165, 1.54) is 25.9 Å². The smallest absolute Gasteiger partial charge is 0.220 e. The van der Waals surface area contributed by atoms with Crippen molar-refractivity contribution in [2.24, 2.45) is 10.2 Å². The molecule has 1 saturated carbocycles. The largest absolute Gasteiger partial charge is 0.353 e. The number of carbonyl (C=O) groups is 1. The number of likely N-dealkylation sites (tertiary alicyclic amines) is 1. The zero-order valence-electron chi connectivity index (χ0n) is 12.6. The van der Waals surface area contributed by atoms with E-state index >= 15 is 0 Å². The highest BCUT2D eigenvalue weighted by atomic mass is 16.1. The molecular formula is C16H24N4O. The summed E-state index contributed by atoms with van der Waals surface area (Å²) in [5, 5.41) is 11.3. The highest BCUT2D eigenvalue weighted by molar-refractivity contribution is 5.76. The molecule has 5 nitrogen and oxygen atoms in total. The van der Waals surface area contributed by atoms with Gasteiger partial charge in [-0.15, -0.1) is 12.3 Å². The first-order valence-electron chi connectivity index (χ1n) is 8.12. The minimum atomic E-state index is -0.332. The minimum absolute atomic E-state index is 0.136. The summed E-state index contributed by atoms with van der Waals surface area (Å²) in [6.07, 6.45) is 12.8. The van der Waals surface area contributed by atoms with Gasteiger partial charge in [0.15, 0.2) is 5.66 Å². The van der Waals surface area contributed by atoms with Crippen LogP contribution in [0.2, 0.25) is 0 Å². The Hall–Kier alpha value is -1.41. The quantitative estimate of drug-likeness (QED) is 0.729. The average Bonchev–Trinajstić information content (AvgIpc) is 3.01. The molecule has 0 unspecified atom stereocenters. The molecule has 1 amide bonds. The second kappa shape index (κ2) is 6.15. The lowest BCUT2D eigenvalue weighted by Crippen LogP contribution is -2.53. The van der Waals surface area contributed by atoms with E-state index in [0.717, 1.165) is 19.3 Å². The monoisotopic (exact) mass is 288 g/mol. The van der Waals surface area contributed by atoms with Crippen LogP contribution < -0.4 is 5.32 Å². The topological polar surface area (TPSA) is 57.1 Å². The van der Waals surface area contributed by atoms with Crippen LogP contribution in [0.15, 0.2) is 10.2 Å². The van der Waals surface area contributed by atoms with E-state index < -0.39 is 0 Å². The molecule has 0 spiro atoms. The number of carbonyl (C=O) groups excluding carboxylic acids is 1. The Morgan fingerprint density at radius 1 is 1.29 bits per heavy atom. The molecular weight excluding hydrogens is 264 g/mol. The first-order valence-corrected chi connectivity index (χ1v) is 8.12. The fraction of sp³-hybridized carbons (Fsp3) is 0.812. The lowest BCUT2D eigenvalue weighted by Gasteiger charge is -2.41. The average molecular weight is 288 g/mol. The zero-order valence-corrected chi connectivity index (χ0v) is 12.6. The summed E-state index contributed by atoms with van der Waals surface area (Å²) >= 11 is 0. The Bertz CT molecular complexity index is 449. The SMILES string of the molecule is C#CCCC1(CCC(=O)NC2CC(N3CCCC3)C2)N=N1. The van der Waals surface area contributed by atoms with Crippen LogP contribution in [0, 0.1) is 12.3 Å². The second-order valence-corrected chi connectivity index (χ2v) is 6.52. The zero-order chi connectivity index (χ0) is 14.7.